The number of rotatable bonds is 1. The van der Waals surface area contributed by atoms with Crippen LogP contribution in [0.1, 0.15) is 26.5 Å². The molecule has 1 aromatic carbocycles. The Morgan fingerprint density at radius 2 is 1.92 bits per heavy atom. The molecular formula is C18H21N3O3. The monoisotopic (exact) mass is 327 g/mol. The van der Waals surface area contributed by atoms with Gasteiger partial charge >= 0.3 is 6.09 Å². The summed E-state index contributed by atoms with van der Waals surface area (Å²) in [6.45, 7) is 8.36. The molecule has 1 aromatic heterocycles. The molecule has 1 amide bonds. The molecule has 1 fully saturated rings. The number of ether oxygens (including phenoxy) is 1. The molecule has 1 aliphatic heterocycles. The molecule has 126 valence electrons. The van der Waals surface area contributed by atoms with Gasteiger partial charge in [-0.25, -0.2) is 4.79 Å². The first-order valence-electron chi connectivity index (χ1n) is 8.02. The van der Waals surface area contributed by atoms with Crippen molar-refractivity contribution >= 4 is 22.7 Å². The van der Waals surface area contributed by atoms with E-state index >= 15 is 0 Å². The summed E-state index contributed by atoms with van der Waals surface area (Å²) in [5.74, 6) is 0.317. The first kappa shape index (κ1) is 16.2. The summed E-state index contributed by atoms with van der Waals surface area (Å²) >= 11 is 0. The molecular weight excluding hydrogens is 306 g/mol. The highest BCUT2D eigenvalue weighted by molar-refractivity contribution is 5.82. The number of carbonyl (C=O) groups is 1. The van der Waals surface area contributed by atoms with Crippen molar-refractivity contribution in [2.45, 2.75) is 26.4 Å². The molecule has 0 bridgehead atoms. The van der Waals surface area contributed by atoms with Crippen molar-refractivity contribution in [1.82, 2.24) is 4.90 Å². The molecule has 24 heavy (non-hydrogen) atoms. The zero-order chi connectivity index (χ0) is 17.3. The van der Waals surface area contributed by atoms with E-state index in [1.54, 1.807) is 11.0 Å². The van der Waals surface area contributed by atoms with E-state index in [9.17, 15) is 4.79 Å². The van der Waals surface area contributed by atoms with E-state index in [1.807, 2.05) is 45.0 Å². The number of benzene rings is 1. The lowest BCUT2D eigenvalue weighted by Crippen LogP contribution is -2.50. The number of amides is 1. The second kappa shape index (κ2) is 6.08. The van der Waals surface area contributed by atoms with Gasteiger partial charge < -0.3 is 19.0 Å². The Kier molecular flexibility index (Phi) is 4.10. The molecule has 0 saturated carbocycles. The van der Waals surface area contributed by atoms with Gasteiger partial charge in [-0.2, -0.15) is 5.26 Å². The van der Waals surface area contributed by atoms with Gasteiger partial charge in [0.1, 0.15) is 17.3 Å². The van der Waals surface area contributed by atoms with Gasteiger partial charge in [0.15, 0.2) is 0 Å². The van der Waals surface area contributed by atoms with Crippen molar-refractivity contribution in [2.75, 3.05) is 31.1 Å². The van der Waals surface area contributed by atoms with Gasteiger partial charge in [-0.1, -0.05) is 0 Å². The fourth-order valence-electron chi connectivity index (χ4n) is 2.76. The first-order valence-corrected chi connectivity index (χ1v) is 8.02. The minimum atomic E-state index is -0.473. The number of hydrogen-bond donors (Lipinski definition) is 0. The second-order valence-electron chi connectivity index (χ2n) is 6.90. The Labute approximate surface area is 141 Å². The van der Waals surface area contributed by atoms with Crippen molar-refractivity contribution in [3.8, 4) is 6.07 Å². The maximum Gasteiger partial charge on any atom is 0.410 e. The van der Waals surface area contributed by atoms with Crippen LogP contribution in [0.5, 0.6) is 0 Å². The summed E-state index contributed by atoms with van der Waals surface area (Å²) in [6.07, 6.45) is -0.258. The zero-order valence-corrected chi connectivity index (χ0v) is 14.2. The van der Waals surface area contributed by atoms with E-state index in [4.69, 9.17) is 14.4 Å². The van der Waals surface area contributed by atoms with Crippen LogP contribution in [0, 0.1) is 11.3 Å². The minimum absolute atomic E-state index is 0.258. The molecule has 0 atom stereocenters. The Hall–Kier alpha value is -2.68. The quantitative estimate of drug-likeness (QED) is 0.803. The average Bonchev–Trinajstić information content (AvgIpc) is 2.95. The third-order valence-electron chi connectivity index (χ3n) is 3.91. The molecule has 0 unspecified atom stereocenters. The Balaban J connectivity index is 1.66. The number of nitriles is 1. The molecule has 2 heterocycles. The predicted molar refractivity (Wildman–Crippen MR) is 90.9 cm³/mol. The average molecular weight is 327 g/mol. The second-order valence-corrected chi connectivity index (χ2v) is 6.90. The van der Waals surface area contributed by atoms with E-state index in [0.717, 1.165) is 24.2 Å². The third kappa shape index (κ3) is 3.46. The van der Waals surface area contributed by atoms with Gasteiger partial charge in [0.2, 0.25) is 5.76 Å². The maximum atomic E-state index is 12.1. The molecule has 0 aliphatic carbocycles. The number of furan rings is 1. The van der Waals surface area contributed by atoms with Crippen molar-refractivity contribution in [2.24, 2.45) is 0 Å². The highest BCUT2D eigenvalue weighted by Gasteiger charge is 2.26. The minimum Gasteiger partial charge on any atom is -0.446 e. The molecule has 0 radical (unpaired) electrons. The van der Waals surface area contributed by atoms with E-state index in [0.29, 0.717) is 24.4 Å². The van der Waals surface area contributed by atoms with Crippen LogP contribution in [0.4, 0.5) is 10.5 Å². The summed E-state index contributed by atoms with van der Waals surface area (Å²) in [4.78, 5) is 16.1. The highest BCUT2D eigenvalue weighted by Crippen LogP contribution is 2.26. The van der Waals surface area contributed by atoms with Crippen LogP contribution in [0.25, 0.3) is 11.0 Å². The number of nitrogens with zero attached hydrogens (tertiary/aromatic N) is 3. The van der Waals surface area contributed by atoms with Crippen LogP contribution in [-0.2, 0) is 4.74 Å². The first-order chi connectivity index (χ1) is 11.4. The molecule has 6 heteroatoms. The lowest BCUT2D eigenvalue weighted by Gasteiger charge is -2.36. The van der Waals surface area contributed by atoms with E-state index in [-0.39, 0.29) is 6.09 Å². The molecule has 3 rings (SSSR count). The SMILES string of the molecule is CC(C)(C)OC(=O)N1CCN(c2ccc3oc(C#N)cc3c2)CC1. The topological polar surface area (TPSA) is 69.7 Å². The van der Waals surface area contributed by atoms with Crippen LogP contribution in [0.3, 0.4) is 0 Å². The molecule has 0 spiro atoms. The number of fused-ring (bicyclic) bond motifs is 1. The predicted octanol–water partition coefficient (Wildman–Crippen LogP) is 3.36. The summed E-state index contributed by atoms with van der Waals surface area (Å²) in [6, 6.07) is 9.64. The largest absolute Gasteiger partial charge is 0.446 e. The zero-order valence-electron chi connectivity index (χ0n) is 14.2. The number of piperazine rings is 1. The molecule has 2 aromatic rings. The Bertz CT molecular complexity index is 790. The van der Waals surface area contributed by atoms with Gasteiger partial charge in [-0.05, 0) is 39.0 Å². The number of carbonyl (C=O) groups excluding carboxylic acids is 1. The van der Waals surface area contributed by atoms with Gasteiger partial charge in [-0.3, -0.25) is 0 Å². The van der Waals surface area contributed by atoms with Gasteiger partial charge in [0.05, 0.1) is 0 Å². The van der Waals surface area contributed by atoms with Crippen LogP contribution < -0.4 is 4.90 Å². The lowest BCUT2D eigenvalue weighted by molar-refractivity contribution is 0.0240. The Morgan fingerprint density at radius 3 is 2.54 bits per heavy atom. The molecule has 0 N–H and O–H groups in total. The number of hydrogen-bond acceptors (Lipinski definition) is 5. The standard InChI is InChI=1S/C18H21N3O3/c1-18(2,3)24-17(22)21-8-6-20(7-9-21)14-4-5-16-13(10-14)11-15(12-19)23-16/h4-5,10-11H,6-9H2,1-3H3. The van der Waals surface area contributed by atoms with E-state index < -0.39 is 5.60 Å². The fraction of sp³-hybridized carbons (Fsp3) is 0.444. The summed E-state index contributed by atoms with van der Waals surface area (Å²) < 4.78 is 10.8. The van der Waals surface area contributed by atoms with Crippen LogP contribution in [0.2, 0.25) is 0 Å². The number of anilines is 1. The van der Waals surface area contributed by atoms with Crippen molar-refractivity contribution < 1.29 is 13.9 Å². The third-order valence-corrected chi connectivity index (χ3v) is 3.91. The van der Waals surface area contributed by atoms with Crippen molar-refractivity contribution in [3.05, 3.63) is 30.0 Å². The molecule has 1 aliphatic rings. The van der Waals surface area contributed by atoms with E-state index in [1.165, 1.54) is 0 Å². The Morgan fingerprint density at radius 1 is 1.21 bits per heavy atom. The van der Waals surface area contributed by atoms with Crippen LogP contribution >= 0.6 is 0 Å². The summed E-state index contributed by atoms with van der Waals surface area (Å²) in [5, 5.41) is 9.83. The normalized spacial score (nSPS) is 15.4. The van der Waals surface area contributed by atoms with Gasteiger partial charge in [0.25, 0.3) is 0 Å². The summed E-state index contributed by atoms with van der Waals surface area (Å²) in [7, 11) is 0. The fourth-order valence-corrected chi connectivity index (χ4v) is 2.76. The maximum absolute atomic E-state index is 12.1. The van der Waals surface area contributed by atoms with E-state index in [2.05, 4.69) is 4.90 Å². The molecule has 1 saturated heterocycles. The summed E-state index contributed by atoms with van der Waals surface area (Å²) in [5.41, 5.74) is 1.30. The van der Waals surface area contributed by atoms with Crippen molar-refractivity contribution in [3.63, 3.8) is 0 Å². The molecule has 6 nitrogen and oxygen atoms in total. The van der Waals surface area contributed by atoms with Gasteiger partial charge in [-0.15, -0.1) is 0 Å². The highest BCUT2D eigenvalue weighted by atomic mass is 16.6. The lowest BCUT2D eigenvalue weighted by atomic mass is 10.2. The van der Waals surface area contributed by atoms with Crippen LogP contribution in [0.15, 0.2) is 28.7 Å². The van der Waals surface area contributed by atoms with Crippen molar-refractivity contribution in [1.29, 1.82) is 5.26 Å². The van der Waals surface area contributed by atoms with Crippen LogP contribution in [-0.4, -0.2) is 42.8 Å². The van der Waals surface area contributed by atoms with Gasteiger partial charge in [0, 0.05) is 43.3 Å². The smallest absolute Gasteiger partial charge is 0.410 e.